The smallest absolute Gasteiger partial charge is 0.123 e. The zero-order valence-electron chi connectivity index (χ0n) is 12.7. The van der Waals surface area contributed by atoms with Gasteiger partial charge in [-0.15, -0.1) is 0 Å². The Morgan fingerprint density at radius 1 is 1.30 bits per heavy atom. The monoisotopic (exact) mass is 293 g/mol. The molecule has 0 aromatic heterocycles. The van der Waals surface area contributed by atoms with Crippen LogP contribution >= 0.6 is 11.8 Å². The second-order valence-electron chi connectivity index (χ2n) is 5.72. The van der Waals surface area contributed by atoms with E-state index in [4.69, 9.17) is 10.5 Å². The summed E-state index contributed by atoms with van der Waals surface area (Å²) >= 11 is 2.03. The number of thioether (sulfide) groups is 1. The molecule has 0 radical (unpaired) electrons. The van der Waals surface area contributed by atoms with Crippen LogP contribution in [0.2, 0.25) is 0 Å². The number of ether oxygens (including phenoxy) is 1. The first-order chi connectivity index (χ1) is 9.76. The van der Waals surface area contributed by atoms with Crippen LogP contribution in [0.1, 0.15) is 49.8 Å². The van der Waals surface area contributed by atoms with Gasteiger partial charge in [-0.2, -0.15) is 11.8 Å². The van der Waals surface area contributed by atoms with Crippen LogP contribution in [0.3, 0.4) is 0 Å². The molecule has 1 fully saturated rings. The van der Waals surface area contributed by atoms with Crippen molar-refractivity contribution >= 4 is 11.8 Å². The van der Waals surface area contributed by atoms with Gasteiger partial charge in [0.05, 0.1) is 7.11 Å². The van der Waals surface area contributed by atoms with E-state index in [0.29, 0.717) is 5.25 Å². The Balaban J connectivity index is 2.09. The standard InChI is InChI=1S/C17H27NOS/c1-3-15(18)17(20-12-13-8-4-5-9-13)14-10-6-7-11-16(14)19-2/h6-7,10-11,13,15,17H,3-5,8-9,12,18H2,1-2H3. The molecule has 112 valence electrons. The van der Waals surface area contributed by atoms with Crippen LogP contribution in [0.25, 0.3) is 0 Å². The molecule has 1 aromatic rings. The highest BCUT2D eigenvalue weighted by molar-refractivity contribution is 7.99. The maximum absolute atomic E-state index is 6.38. The van der Waals surface area contributed by atoms with Crippen molar-refractivity contribution in [2.45, 2.75) is 50.3 Å². The van der Waals surface area contributed by atoms with Crippen LogP contribution in [0.15, 0.2) is 24.3 Å². The molecule has 3 heteroatoms. The largest absolute Gasteiger partial charge is 0.496 e. The SMILES string of the molecule is CCC(N)C(SCC1CCCC1)c1ccccc1OC. The molecule has 1 saturated carbocycles. The van der Waals surface area contributed by atoms with Crippen LogP contribution in [0.4, 0.5) is 0 Å². The third-order valence-corrected chi connectivity index (χ3v) is 5.92. The fourth-order valence-electron chi connectivity index (χ4n) is 2.98. The number of methoxy groups -OCH3 is 1. The number of nitrogens with two attached hydrogens (primary N) is 1. The van der Waals surface area contributed by atoms with Crippen molar-refractivity contribution in [3.63, 3.8) is 0 Å². The van der Waals surface area contributed by atoms with E-state index in [1.807, 2.05) is 23.9 Å². The molecule has 0 amide bonds. The Morgan fingerprint density at radius 3 is 2.65 bits per heavy atom. The molecule has 2 unspecified atom stereocenters. The van der Waals surface area contributed by atoms with Gasteiger partial charge in [-0.05, 0) is 37.0 Å². The first-order valence-corrected chi connectivity index (χ1v) is 8.81. The first-order valence-electron chi connectivity index (χ1n) is 7.76. The second kappa shape index (κ2) is 7.94. The van der Waals surface area contributed by atoms with Gasteiger partial charge < -0.3 is 10.5 Å². The van der Waals surface area contributed by atoms with E-state index >= 15 is 0 Å². The molecule has 2 nitrogen and oxygen atoms in total. The van der Waals surface area contributed by atoms with E-state index in [9.17, 15) is 0 Å². The average Bonchev–Trinajstić information content (AvgIpc) is 3.01. The summed E-state index contributed by atoms with van der Waals surface area (Å²) in [6, 6.07) is 8.52. The third kappa shape index (κ3) is 3.92. The maximum Gasteiger partial charge on any atom is 0.123 e. The highest BCUT2D eigenvalue weighted by Crippen LogP contribution is 2.40. The van der Waals surface area contributed by atoms with Gasteiger partial charge in [0.2, 0.25) is 0 Å². The third-order valence-electron chi connectivity index (χ3n) is 4.29. The quantitative estimate of drug-likeness (QED) is 0.809. The van der Waals surface area contributed by atoms with Crippen molar-refractivity contribution in [1.82, 2.24) is 0 Å². The van der Waals surface area contributed by atoms with Gasteiger partial charge in [-0.3, -0.25) is 0 Å². The Morgan fingerprint density at radius 2 is 2.00 bits per heavy atom. The fraction of sp³-hybridized carbons (Fsp3) is 0.647. The summed E-state index contributed by atoms with van der Waals surface area (Å²) < 4.78 is 5.52. The van der Waals surface area contributed by atoms with E-state index in [-0.39, 0.29) is 6.04 Å². The molecule has 1 aromatic carbocycles. The summed E-state index contributed by atoms with van der Waals surface area (Å²) in [6.45, 7) is 2.17. The second-order valence-corrected chi connectivity index (χ2v) is 6.89. The van der Waals surface area contributed by atoms with Gasteiger partial charge >= 0.3 is 0 Å². The minimum atomic E-state index is 0.192. The molecule has 0 bridgehead atoms. The predicted molar refractivity (Wildman–Crippen MR) is 88.4 cm³/mol. The van der Waals surface area contributed by atoms with Crippen LogP contribution in [-0.2, 0) is 0 Å². The van der Waals surface area contributed by atoms with Gasteiger partial charge in [0.25, 0.3) is 0 Å². The van der Waals surface area contributed by atoms with E-state index in [1.54, 1.807) is 7.11 Å². The van der Waals surface area contributed by atoms with E-state index < -0.39 is 0 Å². The zero-order chi connectivity index (χ0) is 14.4. The predicted octanol–water partition coefficient (Wildman–Crippen LogP) is 4.40. The molecule has 2 atom stereocenters. The number of rotatable bonds is 7. The molecule has 2 rings (SSSR count). The Labute approximate surface area is 127 Å². The minimum absolute atomic E-state index is 0.192. The van der Waals surface area contributed by atoms with Crippen LogP contribution < -0.4 is 10.5 Å². The number of hydrogen-bond donors (Lipinski definition) is 1. The summed E-state index contributed by atoms with van der Waals surface area (Å²) in [5.74, 6) is 3.10. The minimum Gasteiger partial charge on any atom is -0.496 e. The summed E-state index contributed by atoms with van der Waals surface area (Å²) in [6.07, 6.45) is 6.61. The zero-order valence-corrected chi connectivity index (χ0v) is 13.5. The van der Waals surface area contributed by atoms with E-state index in [2.05, 4.69) is 19.1 Å². The lowest BCUT2D eigenvalue weighted by atomic mass is 10.0. The topological polar surface area (TPSA) is 35.2 Å². The summed E-state index contributed by atoms with van der Waals surface area (Å²) in [5, 5.41) is 0.344. The summed E-state index contributed by atoms with van der Waals surface area (Å²) in [7, 11) is 1.75. The number of para-hydroxylation sites is 1. The van der Waals surface area contributed by atoms with Crippen LogP contribution in [-0.4, -0.2) is 18.9 Å². The maximum atomic E-state index is 6.38. The highest BCUT2D eigenvalue weighted by Gasteiger charge is 2.24. The molecule has 1 aliphatic rings. The Bertz CT molecular complexity index is 404. The van der Waals surface area contributed by atoms with Crippen molar-refractivity contribution in [3.8, 4) is 5.75 Å². The van der Waals surface area contributed by atoms with Crippen LogP contribution in [0, 0.1) is 5.92 Å². The molecule has 2 N–H and O–H groups in total. The molecular formula is C17H27NOS. The van der Waals surface area contributed by atoms with E-state index in [1.165, 1.54) is 37.0 Å². The van der Waals surface area contributed by atoms with Crippen molar-refractivity contribution < 1.29 is 4.74 Å². The summed E-state index contributed by atoms with van der Waals surface area (Å²) in [4.78, 5) is 0. The Kier molecular flexibility index (Phi) is 6.24. The molecule has 0 aliphatic heterocycles. The fourth-order valence-corrected chi connectivity index (χ4v) is 4.60. The molecular weight excluding hydrogens is 266 g/mol. The van der Waals surface area contributed by atoms with Crippen molar-refractivity contribution in [3.05, 3.63) is 29.8 Å². The number of benzene rings is 1. The van der Waals surface area contributed by atoms with Gasteiger partial charge in [-0.25, -0.2) is 0 Å². The lowest BCUT2D eigenvalue weighted by molar-refractivity contribution is 0.407. The van der Waals surface area contributed by atoms with Gasteiger partial charge in [0.15, 0.2) is 0 Å². The summed E-state index contributed by atoms with van der Waals surface area (Å²) in [5.41, 5.74) is 7.64. The molecule has 0 spiro atoms. The Hall–Kier alpha value is -0.670. The molecule has 0 heterocycles. The number of hydrogen-bond acceptors (Lipinski definition) is 3. The van der Waals surface area contributed by atoms with Crippen LogP contribution in [0.5, 0.6) is 5.75 Å². The molecule has 20 heavy (non-hydrogen) atoms. The van der Waals surface area contributed by atoms with Gasteiger partial charge in [0.1, 0.15) is 5.75 Å². The highest BCUT2D eigenvalue weighted by atomic mass is 32.2. The lowest BCUT2D eigenvalue weighted by Crippen LogP contribution is -2.26. The normalized spacial score (nSPS) is 18.9. The van der Waals surface area contributed by atoms with Crippen molar-refractivity contribution in [2.75, 3.05) is 12.9 Å². The van der Waals surface area contributed by atoms with Gasteiger partial charge in [0, 0.05) is 16.9 Å². The van der Waals surface area contributed by atoms with Gasteiger partial charge in [-0.1, -0.05) is 38.0 Å². The first kappa shape index (κ1) is 15.7. The molecule has 1 aliphatic carbocycles. The lowest BCUT2D eigenvalue weighted by Gasteiger charge is -2.25. The molecule has 0 saturated heterocycles. The van der Waals surface area contributed by atoms with Crippen molar-refractivity contribution in [2.24, 2.45) is 11.7 Å². The van der Waals surface area contributed by atoms with Crippen molar-refractivity contribution in [1.29, 1.82) is 0 Å². The van der Waals surface area contributed by atoms with E-state index in [0.717, 1.165) is 18.1 Å². The average molecular weight is 293 g/mol.